The number of aryl methyl sites for hydroxylation is 1. The second kappa shape index (κ2) is 25.1. The summed E-state index contributed by atoms with van der Waals surface area (Å²) in [5.41, 5.74) is 3.01. The molecule has 3 aromatic carbocycles. The van der Waals surface area contributed by atoms with Gasteiger partial charge in [-0.3, -0.25) is 38.5 Å². The summed E-state index contributed by atoms with van der Waals surface area (Å²) in [4.78, 5) is 120. The van der Waals surface area contributed by atoms with Gasteiger partial charge in [0.05, 0.1) is 6.04 Å². The summed E-state index contributed by atoms with van der Waals surface area (Å²) in [6.45, 7) is 21.7. The standard InChI is InChI=1S/C62H88N8O9/c1-16-37(2)52(71)65-50(60(4,5)6)57(76)69-35-43-32-41(29-30-42(43)33-48(69)55(74)64-47(56(75)67(13)14)31-39-23-18-17-19-24-39)44-34-49(54(73)63-46-28-22-26-40-25-20-21-27-45(40)46)70(36-44)58(77)51(61(7,8)9)66-53(72)38(3)68(15)59(78)79-62(10,11)12/h17-21,23-25,27,29-30,32,37-38,44,46-51H,16,22,26,28,31,33-36H2,1-15H3,(H,63,73)(H,64,74)(H,65,71)(H,66,72)/t37-,38+,44+,46?,47?,48+,49+,50-,51-/m1/s1. The molecule has 8 amide bonds. The number of rotatable bonds is 16. The SMILES string of the molecule is CC[C@@H](C)C(=O)N[C@H](C(=O)N1Cc2cc([C@H]3C[C@@H](C(=O)NC4CCCc5ccccc54)N(C(=O)[C@@H](NC(=O)[C@H](C)N(C)C(=O)OC(C)(C)C)C(C)(C)C)C3)ccc2C[C@H]1C(=O)NC(Cc1ccccc1)C(=O)N(C)C)C(C)(C)C. The molecule has 0 spiro atoms. The molecule has 0 saturated carbocycles. The molecule has 6 rings (SSSR count). The number of hydrogen-bond donors (Lipinski definition) is 4. The molecule has 430 valence electrons. The van der Waals surface area contributed by atoms with Gasteiger partial charge in [0.25, 0.3) is 0 Å². The lowest BCUT2D eigenvalue weighted by atomic mass is 9.83. The van der Waals surface area contributed by atoms with E-state index in [0.717, 1.165) is 47.1 Å². The monoisotopic (exact) mass is 1090 g/mol. The summed E-state index contributed by atoms with van der Waals surface area (Å²) in [5.74, 6) is -3.62. The molecule has 9 atom stereocenters. The first-order chi connectivity index (χ1) is 36.9. The summed E-state index contributed by atoms with van der Waals surface area (Å²) in [7, 11) is 4.73. The minimum atomic E-state index is -1.11. The Morgan fingerprint density at radius 1 is 0.696 bits per heavy atom. The maximum Gasteiger partial charge on any atom is 0.410 e. The smallest absolute Gasteiger partial charge is 0.410 e. The number of carbonyl (C=O) groups excluding carboxylic acids is 8. The van der Waals surface area contributed by atoms with Gasteiger partial charge in [-0.1, -0.05) is 128 Å². The summed E-state index contributed by atoms with van der Waals surface area (Å²) in [6, 6.07) is 17.0. The zero-order valence-corrected chi connectivity index (χ0v) is 49.5. The third-order valence-electron chi connectivity index (χ3n) is 15.8. The molecule has 1 aliphatic carbocycles. The van der Waals surface area contributed by atoms with Crippen molar-refractivity contribution in [2.45, 2.75) is 188 Å². The van der Waals surface area contributed by atoms with E-state index >= 15 is 9.59 Å². The van der Waals surface area contributed by atoms with E-state index in [9.17, 15) is 28.8 Å². The van der Waals surface area contributed by atoms with Crippen LogP contribution < -0.4 is 21.3 Å². The van der Waals surface area contributed by atoms with Crippen LogP contribution in [0.25, 0.3) is 0 Å². The molecule has 2 aliphatic heterocycles. The van der Waals surface area contributed by atoms with Crippen molar-refractivity contribution in [1.82, 2.24) is 40.9 Å². The van der Waals surface area contributed by atoms with E-state index in [1.165, 1.54) is 27.3 Å². The van der Waals surface area contributed by atoms with Crippen molar-refractivity contribution in [2.24, 2.45) is 16.7 Å². The number of benzene rings is 3. The van der Waals surface area contributed by atoms with Gasteiger partial charge >= 0.3 is 6.09 Å². The van der Waals surface area contributed by atoms with Crippen molar-refractivity contribution < 1.29 is 43.1 Å². The Hall–Kier alpha value is -6.78. The number of likely N-dealkylation sites (N-methyl/N-ethyl adjacent to an activating group) is 2. The van der Waals surface area contributed by atoms with Crippen molar-refractivity contribution >= 4 is 47.4 Å². The van der Waals surface area contributed by atoms with Gasteiger partial charge in [0, 0.05) is 58.9 Å². The average Bonchev–Trinajstić information content (AvgIpc) is 4.12. The quantitative estimate of drug-likeness (QED) is 0.116. The lowest BCUT2D eigenvalue weighted by Gasteiger charge is -2.41. The van der Waals surface area contributed by atoms with Crippen LogP contribution in [0.15, 0.2) is 72.8 Å². The molecule has 4 N–H and O–H groups in total. The van der Waals surface area contributed by atoms with Gasteiger partial charge in [-0.05, 0) is 104 Å². The number of nitrogens with one attached hydrogen (secondary N) is 4. The molecule has 0 aromatic heterocycles. The zero-order valence-electron chi connectivity index (χ0n) is 49.5. The van der Waals surface area contributed by atoms with Gasteiger partial charge in [0.2, 0.25) is 41.4 Å². The predicted octanol–water partition coefficient (Wildman–Crippen LogP) is 7.00. The Labute approximate surface area is 468 Å². The Balaban J connectivity index is 1.37. The van der Waals surface area contributed by atoms with Crippen LogP contribution in [0.5, 0.6) is 0 Å². The molecule has 17 nitrogen and oxygen atoms in total. The van der Waals surface area contributed by atoms with E-state index in [0.29, 0.717) is 6.42 Å². The van der Waals surface area contributed by atoms with E-state index in [4.69, 9.17) is 4.74 Å². The van der Waals surface area contributed by atoms with E-state index in [1.54, 1.807) is 53.6 Å². The number of amides is 8. The second-order valence-electron chi connectivity index (χ2n) is 25.5. The van der Waals surface area contributed by atoms with Crippen molar-refractivity contribution in [2.75, 3.05) is 27.7 Å². The van der Waals surface area contributed by atoms with Gasteiger partial charge in [0.1, 0.15) is 41.9 Å². The van der Waals surface area contributed by atoms with Gasteiger partial charge in [-0.2, -0.15) is 0 Å². The van der Waals surface area contributed by atoms with Crippen molar-refractivity contribution in [3.05, 3.63) is 106 Å². The van der Waals surface area contributed by atoms with Gasteiger partial charge in [-0.15, -0.1) is 0 Å². The number of ether oxygens (including phenoxy) is 1. The number of fused-ring (bicyclic) bond motifs is 2. The Kier molecular flexibility index (Phi) is 19.5. The van der Waals surface area contributed by atoms with Crippen molar-refractivity contribution in [3.8, 4) is 0 Å². The third-order valence-corrected chi connectivity index (χ3v) is 15.8. The summed E-state index contributed by atoms with van der Waals surface area (Å²) in [5, 5.41) is 12.3. The van der Waals surface area contributed by atoms with E-state index in [2.05, 4.69) is 27.3 Å². The normalized spacial score (nSPS) is 20.2. The average molecular weight is 1090 g/mol. The summed E-state index contributed by atoms with van der Waals surface area (Å²) >= 11 is 0. The van der Waals surface area contributed by atoms with E-state index in [-0.39, 0.29) is 68.0 Å². The van der Waals surface area contributed by atoms with Crippen LogP contribution in [0.2, 0.25) is 0 Å². The summed E-state index contributed by atoms with van der Waals surface area (Å²) in [6.07, 6.45) is 2.95. The molecule has 2 unspecified atom stereocenters. The Bertz CT molecular complexity index is 2720. The highest BCUT2D eigenvalue weighted by atomic mass is 16.6. The summed E-state index contributed by atoms with van der Waals surface area (Å²) < 4.78 is 5.54. The lowest BCUT2D eigenvalue weighted by molar-refractivity contribution is -0.148. The van der Waals surface area contributed by atoms with Crippen LogP contribution in [0, 0.1) is 16.7 Å². The molecule has 0 radical (unpaired) electrons. The van der Waals surface area contributed by atoms with Crippen LogP contribution in [0.4, 0.5) is 4.79 Å². The predicted molar refractivity (Wildman–Crippen MR) is 304 cm³/mol. The lowest BCUT2D eigenvalue weighted by Crippen LogP contribution is -2.62. The topological polar surface area (TPSA) is 207 Å². The van der Waals surface area contributed by atoms with Gasteiger partial charge in [-0.25, -0.2) is 4.79 Å². The number of carbonyl (C=O) groups is 8. The maximum absolute atomic E-state index is 15.3. The van der Waals surface area contributed by atoms with Crippen LogP contribution in [0.1, 0.15) is 154 Å². The first-order valence-corrected chi connectivity index (χ1v) is 28.1. The van der Waals surface area contributed by atoms with Gasteiger partial charge in [0.15, 0.2) is 0 Å². The molecular weight excluding hydrogens is 1000 g/mol. The fraction of sp³-hybridized carbons (Fsp3) is 0.581. The highest BCUT2D eigenvalue weighted by Gasteiger charge is 2.48. The maximum atomic E-state index is 15.3. The van der Waals surface area contributed by atoms with Crippen LogP contribution in [-0.2, 0) is 64.1 Å². The molecule has 3 aromatic rings. The molecular formula is C62H88N8O9. The molecule has 79 heavy (non-hydrogen) atoms. The minimum absolute atomic E-state index is 0.00865. The molecule has 3 aliphatic rings. The first-order valence-electron chi connectivity index (χ1n) is 28.1. The van der Waals surface area contributed by atoms with Crippen molar-refractivity contribution in [3.63, 3.8) is 0 Å². The van der Waals surface area contributed by atoms with Crippen LogP contribution >= 0.6 is 0 Å². The van der Waals surface area contributed by atoms with E-state index in [1.807, 2.05) is 115 Å². The molecule has 17 heteroatoms. The molecule has 2 heterocycles. The molecule has 1 saturated heterocycles. The van der Waals surface area contributed by atoms with Crippen LogP contribution in [0.3, 0.4) is 0 Å². The molecule has 0 bridgehead atoms. The molecule has 1 fully saturated rings. The minimum Gasteiger partial charge on any atom is -0.444 e. The zero-order chi connectivity index (χ0) is 58.5. The second-order valence-corrected chi connectivity index (χ2v) is 25.5. The van der Waals surface area contributed by atoms with Crippen LogP contribution in [-0.4, -0.2) is 137 Å². The number of likely N-dealkylation sites (tertiary alicyclic amines) is 1. The largest absolute Gasteiger partial charge is 0.444 e. The van der Waals surface area contributed by atoms with Crippen molar-refractivity contribution in [1.29, 1.82) is 0 Å². The van der Waals surface area contributed by atoms with Gasteiger partial charge < -0.3 is 40.7 Å². The highest BCUT2D eigenvalue weighted by molar-refractivity contribution is 5.96. The fourth-order valence-corrected chi connectivity index (χ4v) is 10.7. The number of nitrogens with zero attached hydrogens (tertiary/aromatic N) is 4. The number of hydrogen-bond acceptors (Lipinski definition) is 9. The fourth-order valence-electron chi connectivity index (χ4n) is 10.7. The Morgan fingerprint density at radius 2 is 1.30 bits per heavy atom. The third kappa shape index (κ3) is 15.1. The van der Waals surface area contributed by atoms with E-state index < -0.39 is 82.4 Å². The first kappa shape index (κ1) is 61.4. The highest BCUT2D eigenvalue weighted by Crippen LogP contribution is 2.38. The Morgan fingerprint density at radius 3 is 1.91 bits per heavy atom.